The zero-order chi connectivity index (χ0) is 45.5. The topological polar surface area (TPSA) is 165 Å². The molecule has 13 nitrogen and oxygen atoms in total. The standard InChI is InChI=1S/C49H68N2O11/c1-12-18-39(52)48(7,8)41-23-17-28-56-33(3)25-26-34(55-11)30-44-51-36(32-59-44)46(54)62-42(49(9,10)40(19-13-2)57-29-27-47(4,5)6)22-16-21-38-37(60-38)20-14-15-24-43-50-35(31-58-43)45(53)61-41/h12-21,24-26,28,31-34,37-42,52H,22-23,27,29-30H2,1-11H3/b18-12+,19-13+,20-14+,21-16-,24-15-,26-25+,28-17-/t33?,34-,37?,38?,39?,40+,41+,42-/m1/s1. The average molecular weight is 861 g/mol. The third kappa shape index (κ3) is 15.2. The van der Waals surface area contributed by atoms with Crippen LogP contribution in [-0.4, -0.2) is 89.6 Å². The minimum absolute atomic E-state index is 0.00123. The third-order valence-electron chi connectivity index (χ3n) is 10.9. The number of oxazole rings is 2. The molecule has 0 amide bonds. The lowest BCUT2D eigenvalue weighted by Gasteiger charge is -2.39. The van der Waals surface area contributed by atoms with Gasteiger partial charge in [-0.3, -0.25) is 0 Å². The molecule has 0 aromatic carbocycles. The number of nitrogens with zero attached hydrogens (tertiary/aromatic N) is 2. The van der Waals surface area contributed by atoms with Crippen molar-refractivity contribution in [3.63, 3.8) is 0 Å². The summed E-state index contributed by atoms with van der Waals surface area (Å²) in [6.07, 6.45) is 25.9. The van der Waals surface area contributed by atoms with Gasteiger partial charge in [0, 0.05) is 43.5 Å². The predicted octanol–water partition coefficient (Wildman–Crippen LogP) is 9.52. The Hall–Kier alpha value is -4.82. The van der Waals surface area contributed by atoms with Crippen LogP contribution < -0.4 is 0 Å². The molecule has 62 heavy (non-hydrogen) atoms. The summed E-state index contributed by atoms with van der Waals surface area (Å²) in [5.74, 6) is -0.771. The molecule has 4 heterocycles. The fourth-order valence-corrected chi connectivity index (χ4v) is 6.51. The van der Waals surface area contributed by atoms with E-state index in [-0.39, 0.29) is 60.0 Å². The first-order chi connectivity index (χ1) is 29.4. The fraction of sp³-hybridized carbons (Fsp3) is 0.551. The van der Waals surface area contributed by atoms with Crippen LogP contribution in [0, 0.1) is 16.2 Å². The largest absolute Gasteiger partial charge is 0.495 e. The van der Waals surface area contributed by atoms with E-state index in [9.17, 15) is 14.7 Å². The molecule has 1 N–H and O–H groups in total. The summed E-state index contributed by atoms with van der Waals surface area (Å²) in [4.78, 5) is 35.8. The smallest absolute Gasteiger partial charge is 0.360 e. The number of fused-ring (bicyclic) bond motifs is 5. The van der Waals surface area contributed by atoms with Crippen molar-refractivity contribution in [3.8, 4) is 0 Å². The molecule has 4 unspecified atom stereocenters. The molecule has 0 aliphatic carbocycles. The molecule has 1 saturated heterocycles. The monoisotopic (exact) mass is 860 g/mol. The van der Waals surface area contributed by atoms with Gasteiger partial charge in [-0.25, -0.2) is 19.6 Å². The lowest BCUT2D eigenvalue weighted by atomic mass is 9.78. The number of hydrogen-bond acceptors (Lipinski definition) is 13. The van der Waals surface area contributed by atoms with E-state index in [0.717, 1.165) is 6.42 Å². The van der Waals surface area contributed by atoms with Gasteiger partial charge in [0.25, 0.3) is 0 Å². The molecular formula is C49H68N2O11. The van der Waals surface area contributed by atoms with Gasteiger partial charge in [0.05, 0.1) is 31.0 Å². The summed E-state index contributed by atoms with van der Waals surface area (Å²) in [5.41, 5.74) is -1.37. The van der Waals surface area contributed by atoms with E-state index in [0.29, 0.717) is 18.9 Å². The molecule has 340 valence electrons. The fourth-order valence-electron chi connectivity index (χ4n) is 6.51. The number of carbonyl (C=O) groups is 2. The Labute approximate surface area is 367 Å². The molecule has 8 atom stereocenters. The van der Waals surface area contributed by atoms with Crippen molar-refractivity contribution in [2.24, 2.45) is 16.2 Å². The Morgan fingerprint density at radius 2 is 1.47 bits per heavy atom. The lowest BCUT2D eigenvalue weighted by Crippen LogP contribution is -2.43. The van der Waals surface area contributed by atoms with Gasteiger partial charge in [0.15, 0.2) is 17.3 Å². The number of aliphatic hydroxyl groups is 1. The van der Waals surface area contributed by atoms with Crippen LogP contribution in [0.4, 0.5) is 0 Å². The quantitative estimate of drug-likeness (QED) is 0.137. The van der Waals surface area contributed by atoms with Crippen molar-refractivity contribution in [1.82, 2.24) is 9.97 Å². The Balaban J connectivity index is 1.60. The van der Waals surface area contributed by atoms with E-state index < -0.39 is 47.2 Å². The summed E-state index contributed by atoms with van der Waals surface area (Å²) < 4.78 is 47.4. The first kappa shape index (κ1) is 49.8. The van der Waals surface area contributed by atoms with Gasteiger partial charge < -0.3 is 42.4 Å². The zero-order valence-electron chi connectivity index (χ0n) is 38.3. The van der Waals surface area contributed by atoms with Gasteiger partial charge in [-0.2, -0.15) is 0 Å². The van der Waals surface area contributed by atoms with Crippen molar-refractivity contribution in [2.75, 3.05) is 13.7 Å². The molecule has 0 spiro atoms. The molecule has 0 radical (unpaired) electrons. The Morgan fingerprint density at radius 3 is 2.15 bits per heavy atom. The van der Waals surface area contributed by atoms with E-state index >= 15 is 0 Å². The molecule has 4 bridgehead atoms. The van der Waals surface area contributed by atoms with E-state index in [1.807, 2.05) is 97.1 Å². The first-order valence-electron chi connectivity index (χ1n) is 21.4. The van der Waals surface area contributed by atoms with Crippen LogP contribution in [0.2, 0.25) is 0 Å². The maximum Gasteiger partial charge on any atom is 0.360 e. The van der Waals surface area contributed by atoms with Crippen molar-refractivity contribution >= 4 is 18.0 Å². The van der Waals surface area contributed by atoms with Crippen LogP contribution in [-0.2, 0) is 34.8 Å². The highest BCUT2D eigenvalue weighted by atomic mass is 16.6. The van der Waals surface area contributed by atoms with Gasteiger partial charge >= 0.3 is 11.9 Å². The highest BCUT2D eigenvalue weighted by Gasteiger charge is 2.41. The molecule has 0 saturated carbocycles. The van der Waals surface area contributed by atoms with Crippen LogP contribution >= 0.6 is 0 Å². The van der Waals surface area contributed by atoms with E-state index in [4.69, 9.17) is 37.3 Å². The number of aliphatic hydroxyl groups excluding tert-OH is 1. The highest BCUT2D eigenvalue weighted by molar-refractivity contribution is 5.87. The number of aromatic nitrogens is 2. The van der Waals surface area contributed by atoms with Crippen molar-refractivity contribution < 1.29 is 52.0 Å². The minimum atomic E-state index is -0.901. The zero-order valence-corrected chi connectivity index (χ0v) is 38.3. The van der Waals surface area contributed by atoms with Crippen LogP contribution in [0.15, 0.2) is 101 Å². The Bertz CT molecular complexity index is 1940. The number of methoxy groups -OCH3 is 1. The number of cyclic esters (lactones) is 2. The van der Waals surface area contributed by atoms with Gasteiger partial charge in [-0.15, -0.1) is 0 Å². The van der Waals surface area contributed by atoms with Crippen LogP contribution in [0.25, 0.3) is 6.08 Å². The van der Waals surface area contributed by atoms with Crippen LogP contribution in [0.5, 0.6) is 0 Å². The molecule has 2 aromatic rings. The summed E-state index contributed by atoms with van der Waals surface area (Å²) in [6.45, 7) is 20.4. The molecule has 4 rings (SSSR count). The maximum absolute atomic E-state index is 13.7. The highest BCUT2D eigenvalue weighted by Crippen LogP contribution is 2.36. The van der Waals surface area contributed by atoms with Gasteiger partial charge in [-0.1, -0.05) is 109 Å². The second kappa shape index (κ2) is 23.0. The summed E-state index contributed by atoms with van der Waals surface area (Å²) in [5, 5.41) is 10.9. The summed E-state index contributed by atoms with van der Waals surface area (Å²) >= 11 is 0. The number of rotatable bonds is 10. The summed E-state index contributed by atoms with van der Waals surface area (Å²) in [7, 11) is 1.57. The maximum atomic E-state index is 13.7. The van der Waals surface area contributed by atoms with Crippen molar-refractivity contribution in [1.29, 1.82) is 0 Å². The van der Waals surface area contributed by atoms with Crippen LogP contribution in [0.1, 0.15) is 121 Å². The van der Waals surface area contributed by atoms with E-state index in [2.05, 4.69) is 30.7 Å². The predicted molar refractivity (Wildman–Crippen MR) is 237 cm³/mol. The number of epoxide rings is 1. The number of hydrogen-bond donors (Lipinski definition) is 1. The SMILES string of the molecule is C/C=C/C(O)C(C)(C)[C@@H]1C/C=C\OC(C)/C=C/[C@@H](OC)Cc2nc(co2)C(=O)O[C@@H](C(C)(C)[C@H](/C=C/C)OCCC(C)(C)C)C/C=C\C2OC2/C=C/C=C\c2nc(co2)C(=O)O1. The molecular weight excluding hydrogens is 793 g/mol. The normalized spacial score (nSPS) is 27.5. The van der Waals surface area contributed by atoms with Gasteiger partial charge in [-0.05, 0) is 44.8 Å². The molecule has 13 heteroatoms. The number of allylic oxidation sites excluding steroid dienone is 4. The third-order valence-corrected chi connectivity index (χ3v) is 10.9. The Kier molecular flexibility index (Phi) is 18.5. The second-order valence-corrected chi connectivity index (χ2v) is 18.0. The van der Waals surface area contributed by atoms with Gasteiger partial charge in [0.2, 0.25) is 5.89 Å². The lowest BCUT2D eigenvalue weighted by molar-refractivity contribution is -0.0749. The Morgan fingerprint density at radius 1 is 0.823 bits per heavy atom. The average Bonchev–Trinajstić information content (AvgIpc) is 3.53. The molecule has 2 aromatic heterocycles. The van der Waals surface area contributed by atoms with E-state index in [1.54, 1.807) is 37.5 Å². The second-order valence-electron chi connectivity index (χ2n) is 18.0. The van der Waals surface area contributed by atoms with Crippen LogP contribution in [0.3, 0.4) is 0 Å². The number of esters is 2. The number of ether oxygens (including phenoxy) is 6. The summed E-state index contributed by atoms with van der Waals surface area (Å²) in [6, 6.07) is 0. The molecule has 2 aliphatic heterocycles. The molecule has 2 aliphatic rings. The number of carbonyl (C=O) groups excluding carboxylic acids is 2. The van der Waals surface area contributed by atoms with Gasteiger partial charge in [0.1, 0.15) is 43.0 Å². The van der Waals surface area contributed by atoms with E-state index in [1.165, 1.54) is 18.8 Å². The minimum Gasteiger partial charge on any atom is -0.495 e. The first-order valence-corrected chi connectivity index (χ1v) is 21.4. The van der Waals surface area contributed by atoms with Crippen molar-refractivity contribution in [3.05, 3.63) is 115 Å². The molecule has 1 fully saturated rings. The van der Waals surface area contributed by atoms with Crippen molar-refractivity contribution in [2.45, 2.75) is 144 Å².